The molecule has 2 aromatic heterocycles. The Kier molecular flexibility index (Phi) is 6.28. The lowest BCUT2D eigenvalue weighted by molar-refractivity contribution is 0.0714. The highest BCUT2D eigenvalue weighted by molar-refractivity contribution is 5.91. The fourth-order valence-electron chi connectivity index (χ4n) is 3.08. The number of hydrogen-bond donors (Lipinski definition) is 1. The van der Waals surface area contributed by atoms with Crippen molar-refractivity contribution in [2.75, 3.05) is 63.6 Å². The van der Waals surface area contributed by atoms with Gasteiger partial charge in [0, 0.05) is 44.5 Å². The number of amides is 1. The molecule has 0 bridgehead atoms. The molecule has 8 nitrogen and oxygen atoms in total. The zero-order chi connectivity index (χ0) is 19.2. The maximum absolute atomic E-state index is 12.4. The standard InChI is InChI=1S/C19H28N6O2/c1-15-14-17(22-19(21-15)20-7-5-8-23(2)3)24-9-11-25(12-10-24)18(26)16-6-4-13-27-16/h4,6,13-14H,5,7-12H2,1-3H3,(H,20,21,22). The highest BCUT2D eigenvalue weighted by Crippen LogP contribution is 2.18. The molecule has 1 amide bonds. The number of piperazine rings is 1. The number of hydrogen-bond acceptors (Lipinski definition) is 7. The Morgan fingerprint density at radius 3 is 2.70 bits per heavy atom. The first-order valence-corrected chi connectivity index (χ1v) is 9.35. The van der Waals surface area contributed by atoms with Crippen LogP contribution in [-0.4, -0.2) is 79.0 Å². The predicted molar refractivity (Wildman–Crippen MR) is 105 cm³/mol. The minimum atomic E-state index is -0.0539. The molecule has 0 aromatic carbocycles. The molecular formula is C19H28N6O2. The molecule has 1 fully saturated rings. The summed E-state index contributed by atoms with van der Waals surface area (Å²) < 4.78 is 5.22. The average Bonchev–Trinajstić information content (AvgIpc) is 3.19. The number of rotatable bonds is 7. The maximum Gasteiger partial charge on any atom is 0.289 e. The van der Waals surface area contributed by atoms with Crippen molar-refractivity contribution in [3.05, 3.63) is 35.9 Å². The molecule has 0 radical (unpaired) electrons. The molecule has 1 N–H and O–H groups in total. The summed E-state index contributed by atoms with van der Waals surface area (Å²) in [6.07, 6.45) is 2.56. The normalized spacial score (nSPS) is 14.7. The minimum absolute atomic E-state index is 0.0539. The van der Waals surface area contributed by atoms with Gasteiger partial charge in [-0.3, -0.25) is 4.79 Å². The van der Waals surface area contributed by atoms with Gasteiger partial charge in [0.25, 0.3) is 5.91 Å². The fourth-order valence-corrected chi connectivity index (χ4v) is 3.08. The van der Waals surface area contributed by atoms with E-state index in [1.807, 2.05) is 17.9 Å². The molecule has 27 heavy (non-hydrogen) atoms. The van der Waals surface area contributed by atoms with Gasteiger partial charge in [-0.1, -0.05) is 0 Å². The first kappa shape index (κ1) is 19.2. The molecule has 0 saturated carbocycles. The first-order valence-electron chi connectivity index (χ1n) is 9.35. The van der Waals surface area contributed by atoms with Gasteiger partial charge in [0.05, 0.1) is 6.26 Å². The van der Waals surface area contributed by atoms with Gasteiger partial charge in [-0.25, -0.2) is 4.98 Å². The van der Waals surface area contributed by atoms with Crippen molar-refractivity contribution < 1.29 is 9.21 Å². The number of carbonyl (C=O) groups excluding carboxylic acids is 1. The molecule has 1 aliphatic heterocycles. The van der Waals surface area contributed by atoms with E-state index in [-0.39, 0.29) is 5.91 Å². The van der Waals surface area contributed by atoms with Gasteiger partial charge in [0.1, 0.15) is 5.82 Å². The Morgan fingerprint density at radius 1 is 1.26 bits per heavy atom. The summed E-state index contributed by atoms with van der Waals surface area (Å²) in [5.41, 5.74) is 0.934. The third-order valence-corrected chi connectivity index (χ3v) is 4.53. The van der Waals surface area contributed by atoms with Crippen LogP contribution in [-0.2, 0) is 0 Å². The highest BCUT2D eigenvalue weighted by atomic mass is 16.3. The zero-order valence-electron chi connectivity index (χ0n) is 16.3. The summed E-state index contributed by atoms with van der Waals surface area (Å²) in [5.74, 6) is 1.91. The summed E-state index contributed by atoms with van der Waals surface area (Å²) in [4.78, 5) is 27.7. The zero-order valence-corrected chi connectivity index (χ0v) is 16.3. The number of carbonyl (C=O) groups is 1. The summed E-state index contributed by atoms with van der Waals surface area (Å²) in [6, 6.07) is 5.44. The van der Waals surface area contributed by atoms with E-state index in [4.69, 9.17) is 4.42 Å². The van der Waals surface area contributed by atoms with Crippen LogP contribution in [0.1, 0.15) is 22.7 Å². The Bertz CT molecular complexity index is 739. The lowest BCUT2D eigenvalue weighted by atomic mass is 10.2. The number of aryl methyl sites for hydroxylation is 1. The van der Waals surface area contributed by atoms with Gasteiger partial charge in [0.2, 0.25) is 5.95 Å². The van der Waals surface area contributed by atoms with E-state index in [0.717, 1.165) is 44.1 Å². The van der Waals surface area contributed by atoms with Crippen molar-refractivity contribution in [2.24, 2.45) is 0 Å². The lowest BCUT2D eigenvalue weighted by Crippen LogP contribution is -2.49. The molecule has 0 spiro atoms. The van der Waals surface area contributed by atoms with Crippen LogP contribution in [0.3, 0.4) is 0 Å². The predicted octanol–water partition coefficient (Wildman–Crippen LogP) is 1.70. The number of nitrogens with one attached hydrogen (secondary N) is 1. The van der Waals surface area contributed by atoms with E-state index in [2.05, 4.69) is 39.2 Å². The average molecular weight is 372 g/mol. The van der Waals surface area contributed by atoms with E-state index in [1.165, 1.54) is 6.26 Å². The highest BCUT2D eigenvalue weighted by Gasteiger charge is 2.24. The molecule has 1 aliphatic rings. The van der Waals surface area contributed by atoms with Crippen LogP contribution < -0.4 is 10.2 Å². The molecule has 0 unspecified atom stereocenters. The molecule has 146 valence electrons. The van der Waals surface area contributed by atoms with Crippen molar-refractivity contribution in [3.8, 4) is 0 Å². The van der Waals surface area contributed by atoms with Crippen molar-refractivity contribution >= 4 is 17.7 Å². The Morgan fingerprint density at radius 2 is 2.04 bits per heavy atom. The van der Waals surface area contributed by atoms with Crippen molar-refractivity contribution in [1.29, 1.82) is 0 Å². The van der Waals surface area contributed by atoms with Crippen LogP contribution in [0.25, 0.3) is 0 Å². The van der Waals surface area contributed by atoms with Crippen LogP contribution in [0.15, 0.2) is 28.9 Å². The van der Waals surface area contributed by atoms with Crippen LogP contribution in [0, 0.1) is 6.92 Å². The smallest absolute Gasteiger partial charge is 0.289 e. The van der Waals surface area contributed by atoms with E-state index >= 15 is 0 Å². The van der Waals surface area contributed by atoms with Crippen LogP contribution >= 0.6 is 0 Å². The molecule has 1 saturated heterocycles. The SMILES string of the molecule is Cc1cc(N2CCN(C(=O)c3ccco3)CC2)nc(NCCCN(C)C)n1. The second-order valence-electron chi connectivity index (χ2n) is 7.03. The Hall–Kier alpha value is -2.61. The van der Waals surface area contributed by atoms with Gasteiger partial charge in [0.15, 0.2) is 5.76 Å². The van der Waals surface area contributed by atoms with Crippen molar-refractivity contribution in [1.82, 2.24) is 19.8 Å². The summed E-state index contributed by atoms with van der Waals surface area (Å²) in [6.45, 7) is 6.62. The third-order valence-electron chi connectivity index (χ3n) is 4.53. The number of aromatic nitrogens is 2. The van der Waals surface area contributed by atoms with Gasteiger partial charge in [-0.05, 0) is 46.1 Å². The fraction of sp³-hybridized carbons (Fsp3) is 0.526. The lowest BCUT2D eigenvalue weighted by Gasteiger charge is -2.35. The minimum Gasteiger partial charge on any atom is -0.459 e. The molecule has 0 aliphatic carbocycles. The number of anilines is 2. The van der Waals surface area contributed by atoms with Gasteiger partial charge >= 0.3 is 0 Å². The Balaban J connectivity index is 1.56. The monoisotopic (exact) mass is 372 g/mol. The van der Waals surface area contributed by atoms with Gasteiger partial charge in [-0.2, -0.15) is 4.98 Å². The topological polar surface area (TPSA) is 77.7 Å². The van der Waals surface area contributed by atoms with E-state index in [1.54, 1.807) is 12.1 Å². The van der Waals surface area contributed by atoms with Gasteiger partial charge < -0.3 is 24.4 Å². The van der Waals surface area contributed by atoms with Crippen molar-refractivity contribution in [3.63, 3.8) is 0 Å². The van der Waals surface area contributed by atoms with E-state index < -0.39 is 0 Å². The van der Waals surface area contributed by atoms with Crippen LogP contribution in [0.2, 0.25) is 0 Å². The summed E-state index contributed by atoms with van der Waals surface area (Å²) in [5, 5.41) is 3.31. The molecular weight excluding hydrogens is 344 g/mol. The number of furan rings is 1. The number of nitrogens with zero attached hydrogens (tertiary/aromatic N) is 5. The molecule has 8 heteroatoms. The molecule has 2 aromatic rings. The Labute approximate surface area is 160 Å². The van der Waals surface area contributed by atoms with Crippen LogP contribution in [0.5, 0.6) is 0 Å². The third kappa shape index (κ3) is 5.19. The maximum atomic E-state index is 12.4. The molecule has 3 heterocycles. The first-order chi connectivity index (χ1) is 13.0. The second kappa shape index (κ2) is 8.85. The summed E-state index contributed by atoms with van der Waals surface area (Å²) >= 11 is 0. The largest absolute Gasteiger partial charge is 0.459 e. The van der Waals surface area contributed by atoms with Crippen molar-refractivity contribution in [2.45, 2.75) is 13.3 Å². The molecule has 3 rings (SSSR count). The quantitative estimate of drug-likeness (QED) is 0.741. The van der Waals surface area contributed by atoms with Crippen LogP contribution in [0.4, 0.5) is 11.8 Å². The van der Waals surface area contributed by atoms with E-state index in [0.29, 0.717) is 24.8 Å². The second-order valence-corrected chi connectivity index (χ2v) is 7.03. The molecule has 0 atom stereocenters. The van der Waals surface area contributed by atoms with Gasteiger partial charge in [-0.15, -0.1) is 0 Å². The van der Waals surface area contributed by atoms with E-state index in [9.17, 15) is 4.79 Å². The summed E-state index contributed by atoms with van der Waals surface area (Å²) in [7, 11) is 4.13.